The Balaban J connectivity index is 2.03. The third kappa shape index (κ3) is 3.05. The molecule has 0 aromatic carbocycles. The second-order valence-corrected chi connectivity index (χ2v) is 7.33. The van der Waals surface area contributed by atoms with Crippen molar-refractivity contribution < 1.29 is 13.5 Å². The number of aliphatic hydroxyl groups is 1. The molecule has 1 heterocycles. The van der Waals surface area contributed by atoms with Gasteiger partial charge in [0, 0.05) is 32.3 Å². The lowest BCUT2D eigenvalue weighted by Gasteiger charge is -2.14. The van der Waals surface area contributed by atoms with E-state index in [-0.39, 0.29) is 16.9 Å². The van der Waals surface area contributed by atoms with Crippen molar-refractivity contribution in [3.8, 4) is 0 Å². The summed E-state index contributed by atoms with van der Waals surface area (Å²) in [6.07, 6.45) is 3.38. The van der Waals surface area contributed by atoms with Crippen LogP contribution in [0.15, 0.2) is 23.2 Å². The molecule has 0 saturated heterocycles. The van der Waals surface area contributed by atoms with Gasteiger partial charge in [0.15, 0.2) is 0 Å². The molecule has 0 bridgehead atoms. The maximum Gasteiger partial charge on any atom is 0.244 e. The normalized spacial score (nSPS) is 17.5. The van der Waals surface area contributed by atoms with Crippen LogP contribution in [0.5, 0.6) is 0 Å². The maximum atomic E-state index is 11.8. The molecular formula is C12H19N3O3S. The minimum Gasteiger partial charge on any atom is -0.396 e. The van der Waals surface area contributed by atoms with Crippen molar-refractivity contribution in [1.82, 2.24) is 9.29 Å². The predicted molar refractivity (Wildman–Crippen MR) is 72.4 cm³/mol. The van der Waals surface area contributed by atoms with E-state index in [0.29, 0.717) is 12.4 Å². The highest BCUT2D eigenvalue weighted by Crippen LogP contribution is 2.44. The molecule has 0 atom stereocenters. The van der Waals surface area contributed by atoms with E-state index in [1.807, 2.05) is 0 Å². The summed E-state index contributed by atoms with van der Waals surface area (Å²) in [4.78, 5) is 4.27. The number of rotatable bonds is 6. The van der Waals surface area contributed by atoms with Gasteiger partial charge in [-0.3, -0.25) is 0 Å². The van der Waals surface area contributed by atoms with Gasteiger partial charge >= 0.3 is 0 Å². The molecule has 0 amide bonds. The molecule has 1 saturated carbocycles. The molecule has 7 heteroatoms. The second kappa shape index (κ2) is 5.07. The van der Waals surface area contributed by atoms with Gasteiger partial charge in [-0.2, -0.15) is 0 Å². The number of anilines is 1. The quantitative estimate of drug-likeness (QED) is 0.796. The maximum absolute atomic E-state index is 11.8. The van der Waals surface area contributed by atoms with Crippen molar-refractivity contribution in [3.63, 3.8) is 0 Å². The Kier molecular flexibility index (Phi) is 3.80. The van der Waals surface area contributed by atoms with Crippen LogP contribution in [0.2, 0.25) is 0 Å². The van der Waals surface area contributed by atoms with Gasteiger partial charge in [-0.15, -0.1) is 0 Å². The third-order valence-corrected chi connectivity index (χ3v) is 5.25. The summed E-state index contributed by atoms with van der Waals surface area (Å²) >= 11 is 0. The Morgan fingerprint density at radius 1 is 1.42 bits per heavy atom. The fourth-order valence-corrected chi connectivity index (χ4v) is 2.54. The van der Waals surface area contributed by atoms with Crippen LogP contribution in [0, 0.1) is 5.41 Å². The topological polar surface area (TPSA) is 82.5 Å². The van der Waals surface area contributed by atoms with E-state index >= 15 is 0 Å². The van der Waals surface area contributed by atoms with Crippen LogP contribution in [0.1, 0.15) is 12.8 Å². The summed E-state index contributed by atoms with van der Waals surface area (Å²) < 4.78 is 24.9. The SMILES string of the molecule is CN(C)S(=O)(=O)c1ccc(NCC2(CO)CC2)nc1. The van der Waals surface area contributed by atoms with E-state index < -0.39 is 10.0 Å². The number of aromatic nitrogens is 1. The van der Waals surface area contributed by atoms with Crippen molar-refractivity contribution >= 4 is 15.8 Å². The van der Waals surface area contributed by atoms with Crippen molar-refractivity contribution in [2.75, 3.05) is 32.6 Å². The van der Waals surface area contributed by atoms with E-state index in [1.165, 1.54) is 26.4 Å². The van der Waals surface area contributed by atoms with Gasteiger partial charge in [0.05, 0.1) is 6.61 Å². The number of hydrogen-bond donors (Lipinski definition) is 2. The number of nitrogens with one attached hydrogen (secondary N) is 1. The Bertz CT molecular complexity index is 536. The third-order valence-electron chi connectivity index (χ3n) is 3.45. The Hall–Kier alpha value is -1.18. The standard InChI is InChI=1S/C12H19N3O3S/c1-15(2)19(17,18)10-3-4-11(13-7-10)14-8-12(9-16)5-6-12/h3-4,7,16H,5-6,8-9H2,1-2H3,(H,13,14). The summed E-state index contributed by atoms with van der Waals surface area (Å²) in [5.74, 6) is 0.623. The van der Waals surface area contributed by atoms with Gasteiger partial charge in [0.25, 0.3) is 0 Å². The number of aliphatic hydroxyl groups excluding tert-OH is 1. The summed E-state index contributed by atoms with van der Waals surface area (Å²) in [7, 11) is -0.455. The molecule has 2 N–H and O–H groups in total. The Morgan fingerprint density at radius 3 is 2.53 bits per heavy atom. The molecule has 19 heavy (non-hydrogen) atoms. The zero-order chi connectivity index (χ0) is 14.1. The number of pyridine rings is 1. The predicted octanol–water partition coefficient (Wildman–Crippen LogP) is 0.516. The average molecular weight is 285 g/mol. The first-order valence-corrected chi connectivity index (χ1v) is 7.57. The molecule has 0 unspecified atom stereocenters. The highest BCUT2D eigenvalue weighted by atomic mass is 32.2. The summed E-state index contributed by atoms with van der Waals surface area (Å²) in [6.45, 7) is 0.837. The first kappa shape index (κ1) is 14.2. The molecular weight excluding hydrogens is 266 g/mol. The van der Waals surface area contributed by atoms with Gasteiger partial charge in [0.1, 0.15) is 10.7 Å². The highest BCUT2D eigenvalue weighted by Gasteiger charge is 2.41. The molecule has 1 fully saturated rings. The van der Waals surface area contributed by atoms with Crippen molar-refractivity contribution in [3.05, 3.63) is 18.3 Å². The molecule has 0 radical (unpaired) electrons. The van der Waals surface area contributed by atoms with Crippen LogP contribution < -0.4 is 5.32 Å². The number of nitrogens with zero attached hydrogens (tertiary/aromatic N) is 2. The minimum atomic E-state index is -3.43. The fourth-order valence-electron chi connectivity index (χ4n) is 1.69. The molecule has 6 nitrogen and oxygen atoms in total. The van der Waals surface area contributed by atoms with Crippen LogP contribution in [-0.2, 0) is 10.0 Å². The number of sulfonamides is 1. The largest absolute Gasteiger partial charge is 0.396 e. The highest BCUT2D eigenvalue weighted by molar-refractivity contribution is 7.89. The Labute approximate surface area is 113 Å². The zero-order valence-electron chi connectivity index (χ0n) is 11.1. The van der Waals surface area contributed by atoms with Crippen LogP contribution in [0.25, 0.3) is 0 Å². The van der Waals surface area contributed by atoms with E-state index in [0.717, 1.165) is 17.1 Å². The smallest absolute Gasteiger partial charge is 0.244 e. The molecule has 0 aliphatic heterocycles. The van der Waals surface area contributed by atoms with Gasteiger partial charge in [-0.25, -0.2) is 17.7 Å². The minimum absolute atomic E-state index is 0.00390. The van der Waals surface area contributed by atoms with Crippen LogP contribution in [0.4, 0.5) is 5.82 Å². The van der Waals surface area contributed by atoms with Gasteiger partial charge in [-0.05, 0) is 25.0 Å². The second-order valence-electron chi connectivity index (χ2n) is 5.18. The lowest BCUT2D eigenvalue weighted by molar-refractivity contribution is 0.219. The first-order chi connectivity index (χ1) is 8.89. The fraction of sp³-hybridized carbons (Fsp3) is 0.583. The molecule has 1 aliphatic rings. The lowest BCUT2D eigenvalue weighted by atomic mass is 10.1. The molecule has 106 valence electrons. The zero-order valence-corrected chi connectivity index (χ0v) is 11.9. The van der Waals surface area contributed by atoms with E-state index in [9.17, 15) is 13.5 Å². The van der Waals surface area contributed by atoms with Crippen molar-refractivity contribution in [2.24, 2.45) is 5.41 Å². The first-order valence-electron chi connectivity index (χ1n) is 6.13. The number of hydrogen-bond acceptors (Lipinski definition) is 5. The molecule has 1 aromatic heterocycles. The monoisotopic (exact) mass is 285 g/mol. The lowest BCUT2D eigenvalue weighted by Crippen LogP contribution is -2.22. The van der Waals surface area contributed by atoms with Crippen LogP contribution in [-0.4, -0.2) is 50.1 Å². The summed E-state index contributed by atoms with van der Waals surface area (Å²) in [5, 5.41) is 12.3. The molecule has 1 aromatic rings. The average Bonchev–Trinajstić information content (AvgIpc) is 3.17. The van der Waals surface area contributed by atoms with E-state index in [4.69, 9.17) is 0 Å². The van der Waals surface area contributed by atoms with Gasteiger partial charge in [0.2, 0.25) is 10.0 Å². The van der Waals surface area contributed by atoms with E-state index in [2.05, 4.69) is 10.3 Å². The summed E-state index contributed by atoms with van der Waals surface area (Å²) in [6, 6.07) is 3.17. The van der Waals surface area contributed by atoms with Crippen LogP contribution >= 0.6 is 0 Å². The van der Waals surface area contributed by atoms with Gasteiger partial charge < -0.3 is 10.4 Å². The van der Waals surface area contributed by atoms with E-state index in [1.54, 1.807) is 6.07 Å². The molecule has 0 spiro atoms. The molecule has 2 rings (SSSR count). The van der Waals surface area contributed by atoms with Crippen LogP contribution in [0.3, 0.4) is 0 Å². The Morgan fingerprint density at radius 2 is 2.11 bits per heavy atom. The van der Waals surface area contributed by atoms with Crippen molar-refractivity contribution in [2.45, 2.75) is 17.7 Å². The van der Waals surface area contributed by atoms with Gasteiger partial charge in [-0.1, -0.05) is 0 Å². The molecule has 1 aliphatic carbocycles. The summed E-state index contributed by atoms with van der Waals surface area (Å²) in [5.41, 5.74) is -0.00390. The van der Waals surface area contributed by atoms with Crippen molar-refractivity contribution in [1.29, 1.82) is 0 Å².